The Labute approximate surface area is 70.0 Å². The Bertz CT molecular complexity index is 339. The van der Waals surface area contributed by atoms with E-state index in [-0.39, 0.29) is 6.61 Å². The van der Waals surface area contributed by atoms with Gasteiger partial charge < -0.3 is 4.55 Å². The van der Waals surface area contributed by atoms with Crippen molar-refractivity contribution >= 4 is 16.1 Å². The van der Waals surface area contributed by atoms with E-state index in [1.807, 2.05) is 0 Å². The lowest BCUT2D eigenvalue weighted by molar-refractivity contribution is 0.295. The van der Waals surface area contributed by atoms with Crippen LogP contribution >= 0.6 is 0 Å². The smallest absolute Gasteiger partial charge is 0.280 e. The maximum atomic E-state index is 10.00. The molecule has 1 heterocycles. The van der Waals surface area contributed by atoms with Gasteiger partial charge in [-0.25, -0.2) is 8.42 Å². The van der Waals surface area contributed by atoms with Crippen LogP contribution in [0.15, 0.2) is 24.4 Å². The van der Waals surface area contributed by atoms with E-state index in [4.69, 9.17) is 0 Å². The molecule has 65 valence electrons. The minimum Gasteiger partial charge on any atom is -0.726 e. The molecule has 0 saturated carbocycles. The molecule has 0 N–H and O–H groups in total. The van der Waals surface area contributed by atoms with E-state index in [0.29, 0.717) is 5.71 Å². The quantitative estimate of drug-likeness (QED) is 0.434. The van der Waals surface area contributed by atoms with Crippen molar-refractivity contribution in [3.05, 3.63) is 24.4 Å². The van der Waals surface area contributed by atoms with E-state index in [1.54, 1.807) is 18.2 Å². The third-order valence-electron chi connectivity index (χ3n) is 1.08. The van der Waals surface area contributed by atoms with E-state index in [0.717, 1.165) is 0 Å². The molecule has 0 atom stereocenters. The number of aliphatic imine (C=N–C) groups is 1. The number of rotatable bonds is 3. The summed E-state index contributed by atoms with van der Waals surface area (Å²) in [5.74, 6) is 0. The van der Waals surface area contributed by atoms with Crippen LogP contribution in [0, 0.1) is 0 Å². The molecule has 0 spiro atoms. The van der Waals surface area contributed by atoms with E-state index in [2.05, 4.69) is 9.18 Å². The van der Waals surface area contributed by atoms with Gasteiger partial charge in [-0.3, -0.25) is 4.18 Å². The molecule has 0 aliphatic carbocycles. The summed E-state index contributed by atoms with van der Waals surface area (Å²) in [6.07, 6.45) is 6.39. The highest BCUT2D eigenvalue weighted by molar-refractivity contribution is 7.80. The average Bonchev–Trinajstić information content (AvgIpc) is 2.02. The minimum absolute atomic E-state index is 0.313. The van der Waals surface area contributed by atoms with Crippen molar-refractivity contribution < 1.29 is 17.2 Å². The molecule has 12 heavy (non-hydrogen) atoms. The van der Waals surface area contributed by atoms with Crippen LogP contribution in [0.2, 0.25) is 0 Å². The van der Waals surface area contributed by atoms with Crippen molar-refractivity contribution in [1.82, 2.24) is 4.99 Å². The van der Waals surface area contributed by atoms with Crippen LogP contribution in [0.25, 0.3) is 0 Å². The standard InChI is InChI=1S/C6H7NO4S/c8-12(9,10)11-5-6-3-1-2-4-7-6/h1-4H,5H2,(H,8,9,10)/q+1/p-1. The molecule has 1 aliphatic heterocycles. The number of hydrogen-bond acceptors (Lipinski definition) is 5. The lowest BCUT2D eigenvalue weighted by atomic mass is 10.3. The third-order valence-corrected chi connectivity index (χ3v) is 1.48. The lowest BCUT2D eigenvalue weighted by Gasteiger charge is -2.03. The summed E-state index contributed by atoms with van der Waals surface area (Å²) in [5.41, 5.74) is 0.400. The second kappa shape index (κ2) is 3.61. The van der Waals surface area contributed by atoms with Gasteiger partial charge in [0.2, 0.25) is 16.6 Å². The highest BCUT2D eigenvalue weighted by atomic mass is 32.3. The fourth-order valence-corrected chi connectivity index (χ4v) is 0.881. The van der Waals surface area contributed by atoms with Crippen LogP contribution in [0.3, 0.4) is 0 Å². The minimum atomic E-state index is -4.61. The van der Waals surface area contributed by atoms with Gasteiger partial charge in [-0.15, -0.1) is 0 Å². The molecule has 0 aromatic carbocycles. The van der Waals surface area contributed by atoms with Crippen LogP contribution in [-0.2, 0) is 14.6 Å². The Morgan fingerprint density at radius 1 is 1.50 bits per heavy atom. The summed E-state index contributed by atoms with van der Waals surface area (Å²) in [4.78, 5) is 3.75. The van der Waals surface area contributed by atoms with Gasteiger partial charge in [0.1, 0.15) is 0 Å². The van der Waals surface area contributed by atoms with Gasteiger partial charge in [-0.05, 0) is 6.08 Å². The van der Waals surface area contributed by atoms with E-state index < -0.39 is 10.4 Å². The summed E-state index contributed by atoms with van der Waals surface area (Å²) in [7, 11) is -4.61. The molecule has 6 heteroatoms. The normalized spacial score (nSPS) is 16.2. The zero-order chi connectivity index (χ0) is 9.03. The van der Waals surface area contributed by atoms with E-state index in [1.165, 1.54) is 6.20 Å². The maximum absolute atomic E-state index is 10.00. The first kappa shape index (κ1) is 9.11. The molecule has 1 radical (unpaired) electrons. The van der Waals surface area contributed by atoms with Crippen molar-refractivity contribution in [2.75, 3.05) is 6.61 Å². The fourth-order valence-electron chi connectivity index (χ4n) is 0.616. The zero-order valence-corrected chi connectivity index (χ0v) is 6.82. The summed E-state index contributed by atoms with van der Waals surface area (Å²) >= 11 is 0. The molecular weight excluding hydrogens is 182 g/mol. The Morgan fingerprint density at radius 2 is 2.25 bits per heavy atom. The molecule has 0 unspecified atom stereocenters. The van der Waals surface area contributed by atoms with Gasteiger partial charge in [0.25, 0.3) is 5.71 Å². The number of nitrogens with zero attached hydrogens (tertiary/aromatic N) is 1. The largest absolute Gasteiger partial charge is 0.726 e. The molecule has 1 aliphatic rings. The second-order valence-electron chi connectivity index (χ2n) is 1.99. The van der Waals surface area contributed by atoms with Gasteiger partial charge in [-0.2, -0.15) is 0 Å². The van der Waals surface area contributed by atoms with E-state index in [9.17, 15) is 13.0 Å². The van der Waals surface area contributed by atoms with Gasteiger partial charge in [-0.1, -0.05) is 0 Å². The highest BCUT2D eigenvalue weighted by Gasteiger charge is 2.09. The zero-order valence-electron chi connectivity index (χ0n) is 6.00. The van der Waals surface area contributed by atoms with Crippen LogP contribution in [-0.4, -0.2) is 25.3 Å². The van der Waals surface area contributed by atoms with Gasteiger partial charge in [0.05, 0.1) is 4.99 Å². The molecular formula is C6H6NO4S. The van der Waals surface area contributed by atoms with Crippen LogP contribution in [0.4, 0.5) is 0 Å². The molecule has 0 amide bonds. The van der Waals surface area contributed by atoms with Crippen molar-refractivity contribution in [2.24, 2.45) is 0 Å². The monoisotopic (exact) mass is 188 g/mol. The van der Waals surface area contributed by atoms with E-state index >= 15 is 0 Å². The first-order chi connectivity index (χ1) is 5.58. The summed E-state index contributed by atoms with van der Waals surface area (Å²) in [6, 6.07) is 0. The number of hydrogen-bond donors (Lipinski definition) is 0. The Kier molecular flexibility index (Phi) is 2.74. The molecule has 5 nitrogen and oxygen atoms in total. The first-order valence-electron chi connectivity index (χ1n) is 3.08. The molecule has 0 saturated heterocycles. The topological polar surface area (TPSA) is 80.5 Å². The highest BCUT2D eigenvalue weighted by Crippen LogP contribution is 1.91. The summed E-state index contributed by atoms with van der Waals surface area (Å²) in [5, 5.41) is 0. The SMILES string of the molecule is O=S(=O)([O-])OCC1=[N+]C=CC=C1. The molecule has 0 bridgehead atoms. The maximum Gasteiger partial charge on any atom is 0.280 e. The fraction of sp³-hybridized carbons (Fsp3) is 0.167. The summed E-state index contributed by atoms with van der Waals surface area (Å²) in [6.45, 7) is -0.313. The van der Waals surface area contributed by atoms with Crippen molar-refractivity contribution in [1.29, 1.82) is 0 Å². The molecule has 0 aromatic rings. The molecule has 0 fully saturated rings. The van der Waals surface area contributed by atoms with Crippen LogP contribution < -0.4 is 4.99 Å². The Morgan fingerprint density at radius 3 is 2.75 bits per heavy atom. The molecule has 1 rings (SSSR count). The van der Waals surface area contributed by atoms with Gasteiger partial charge in [0.15, 0.2) is 6.61 Å². The first-order valence-corrected chi connectivity index (χ1v) is 4.41. The van der Waals surface area contributed by atoms with Crippen molar-refractivity contribution in [3.8, 4) is 0 Å². The Balaban J connectivity index is 2.49. The predicted molar refractivity (Wildman–Crippen MR) is 41.1 cm³/mol. The van der Waals surface area contributed by atoms with Crippen LogP contribution in [0.1, 0.15) is 0 Å². The average molecular weight is 188 g/mol. The van der Waals surface area contributed by atoms with Crippen molar-refractivity contribution in [3.63, 3.8) is 0 Å². The second-order valence-corrected chi connectivity index (χ2v) is 3.04. The van der Waals surface area contributed by atoms with Gasteiger partial charge in [0, 0.05) is 12.2 Å². The molecule has 0 aromatic heterocycles. The third kappa shape index (κ3) is 3.42. The Hall–Kier alpha value is -0.980. The summed E-state index contributed by atoms with van der Waals surface area (Å²) < 4.78 is 34.0. The van der Waals surface area contributed by atoms with Crippen molar-refractivity contribution in [2.45, 2.75) is 0 Å². The predicted octanol–water partition coefficient (Wildman–Crippen LogP) is -0.676. The lowest BCUT2D eigenvalue weighted by Crippen LogP contribution is -2.15. The van der Waals surface area contributed by atoms with Crippen LogP contribution in [0.5, 0.6) is 0 Å². The number of allylic oxidation sites excluding steroid dienone is 2. The van der Waals surface area contributed by atoms with Gasteiger partial charge >= 0.3 is 0 Å².